The summed E-state index contributed by atoms with van der Waals surface area (Å²) in [6, 6.07) is 6.10. The normalized spacial score (nSPS) is 19.9. The van der Waals surface area contributed by atoms with Crippen molar-refractivity contribution in [2.24, 2.45) is 16.6 Å². The SMILES string of the molecule is NC1c2c3cccc2c(c2sc([nH]3)=NC2)N1N. The first-order chi connectivity index (χ1) is 8.25. The van der Waals surface area contributed by atoms with Crippen LogP contribution in [0.2, 0.25) is 0 Å². The van der Waals surface area contributed by atoms with Gasteiger partial charge in [-0.1, -0.05) is 23.5 Å². The molecule has 3 heterocycles. The molecule has 0 radical (unpaired) electrons. The zero-order valence-corrected chi connectivity index (χ0v) is 9.79. The molecule has 0 aliphatic carbocycles. The van der Waals surface area contributed by atoms with E-state index in [9.17, 15) is 0 Å². The lowest BCUT2D eigenvalue weighted by atomic mass is 10.1. The Morgan fingerprint density at radius 3 is 3.24 bits per heavy atom. The van der Waals surface area contributed by atoms with Gasteiger partial charge in [0.1, 0.15) is 6.17 Å². The van der Waals surface area contributed by atoms with E-state index in [0.29, 0.717) is 6.54 Å². The number of nitrogens with two attached hydrogens (primary N) is 2. The highest BCUT2D eigenvalue weighted by Gasteiger charge is 2.30. The van der Waals surface area contributed by atoms with Crippen LogP contribution in [-0.2, 0) is 6.54 Å². The second kappa shape index (κ2) is 2.98. The largest absolute Gasteiger partial charge is 0.331 e. The number of hydrogen-bond acceptors (Lipinski definition) is 5. The molecule has 1 atom stereocenters. The maximum absolute atomic E-state index is 6.17. The van der Waals surface area contributed by atoms with Crippen molar-refractivity contribution in [2.45, 2.75) is 12.7 Å². The number of rotatable bonds is 0. The van der Waals surface area contributed by atoms with Crippen LogP contribution >= 0.6 is 11.3 Å². The van der Waals surface area contributed by atoms with Crippen LogP contribution in [0.15, 0.2) is 23.2 Å². The Bertz CT molecular complexity index is 727. The number of H-pyrrole nitrogens is 1. The van der Waals surface area contributed by atoms with Gasteiger partial charge in [0.15, 0.2) is 4.80 Å². The summed E-state index contributed by atoms with van der Waals surface area (Å²) in [4.78, 5) is 9.87. The molecule has 2 aromatic rings. The molecule has 6 bridgehead atoms. The molecule has 1 unspecified atom stereocenters. The van der Waals surface area contributed by atoms with Crippen molar-refractivity contribution in [3.8, 4) is 0 Å². The van der Waals surface area contributed by atoms with Crippen molar-refractivity contribution < 1.29 is 0 Å². The minimum absolute atomic E-state index is 0.281. The van der Waals surface area contributed by atoms with Crippen LogP contribution in [-0.4, -0.2) is 4.98 Å². The summed E-state index contributed by atoms with van der Waals surface area (Å²) in [6.07, 6.45) is -0.281. The van der Waals surface area contributed by atoms with Gasteiger partial charge in [0, 0.05) is 16.5 Å². The Morgan fingerprint density at radius 2 is 2.35 bits per heavy atom. The minimum atomic E-state index is -0.281. The molecule has 0 saturated carbocycles. The molecule has 2 aliphatic heterocycles. The summed E-state index contributed by atoms with van der Waals surface area (Å²) in [5.74, 6) is 6.10. The van der Waals surface area contributed by atoms with E-state index in [-0.39, 0.29) is 6.17 Å². The lowest BCUT2D eigenvalue weighted by molar-refractivity contribution is 0.692. The molecule has 1 aromatic carbocycles. The van der Waals surface area contributed by atoms with Crippen molar-refractivity contribution in [1.82, 2.24) is 4.98 Å². The van der Waals surface area contributed by atoms with Crippen LogP contribution in [0.3, 0.4) is 0 Å². The quantitative estimate of drug-likeness (QED) is 0.602. The molecule has 0 spiro atoms. The van der Waals surface area contributed by atoms with Gasteiger partial charge in [-0.15, -0.1) is 0 Å². The first-order valence-corrected chi connectivity index (χ1v) is 6.22. The molecule has 0 amide bonds. The Balaban J connectivity index is 2.33. The topological polar surface area (TPSA) is 83.4 Å². The van der Waals surface area contributed by atoms with E-state index in [4.69, 9.17) is 11.6 Å². The lowest BCUT2D eigenvalue weighted by Crippen LogP contribution is -2.37. The Hall–Kier alpha value is -1.63. The second-order valence-electron chi connectivity index (χ2n) is 4.24. The number of aromatic amines is 1. The van der Waals surface area contributed by atoms with Crippen LogP contribution in [0.5, 0.6) is 0 Å². The summed E-state index contributed by atoms with van der Waals surface area (Å²) in [5.41, 5.74) is 9.27. The average Bonchev–Trinajstić information content (AvgIpc) is 2.86. The zero-order chi connectivity index (χ0) is 11.6. The fourth-order valence-electron chi connectivity index (χ4n) is 2.54. The molecule has 17 heavy (non-hydrogen) atoms. The third-order valence-electron chi connectivity index (χ3n) is 3.31. The van der Waals surface area contributed by atoms with Crippen molar-refractivity contribution in [2.75, 3.05) is 5.01 Å². The molecular formula is C11H11N5S. The number of aromatic nitrogens is 1. The second-order valence-corrected chi connectivity index (χ2v) is 5.32. The van der Waals surface area contributed by atoms with Gasteiger partial charge in [-0.2, -0.15) is 0 Å². The number of nitrogens with one attached hydrogen (secondary N) is 1. The van der Waals surface area contributed by atoms with E-state index in [2.05, 4.69) is 16.0 Å². The van der Waals surface area contributed by atoms with Crippen LogP contribution in [0, 0.1) is 0 Å². The van der Waals surface area contributed by atoms with Crippen LogP contribution < -0.4 is 21.4 Å². The van der Waals surface area contributed by atoms with E-state index in [1.165, 1.54) is 4.88 Å². The lowest BCUT2D eigenvalue weighted by Gasteiger charge is -2.19. The Labute approximate surface area is 101 Å². The van der Waals surface area contributed by atoms with Crippen molar-refractivity contribution in [1.29, 1.82) is 0 Å². The van der Waals surface area contributed by atoms with Gasteiger partial charge in [-0.3, -0.25) is 10.0 Å². The molecule has 0 fully saturated rings. The number of anilines is 1. The first kappa shape index (κ1) is 9.41. The molecule has 5 nitrogen and oxygen atoms in total. The Kier molecular flexibility index (Phi) is 1.65. The van der Waals surface area contributed by atoms with Crippen LogP contribution in [0.25, 0.3) is 10.9 Å². The standard InChI is InChI=1S/C11H11N5S/c12-10-8-5-2-1-3-6(8)15-11-14-4-7(17-11)9(5)16(10)13/h1-3,10H,4,12-13H2,(H,14,15). The average molecular weight is 245 g/mol. The van der Waals surface area contributed by atoms with Crippen molar-refractivity contribution >= 4 is 27.9 Å². The Morgan fingerprint density at radius 1 is 1.47 bits per heavy atom. The van der Waals surface area contributed by atoms with Gasteiger partial charge >= 0.3 is 0 Å². The number of benzene rings is 1. The van der Waals surface area contributed by atoms with E-state index in [1.54, 1.807) is 16.3 Å². The number of hydrogen-bond donors (Lipinski definition) is 3. The van der Waals surface area contributed by atoms with Gasteiger partial charge in [0.25, 0.3) is 0 Å². The highest BCUT2D eigenvalue weighted by molar-refractivity contribution is 7.09. The highest BCUT2D eigenvalue weighted by Crippen LogP contribution is 2.41. The molecule has 86 valence electrons. The summed E-state index contributed by atoms with van der Waals surface area (Å²) in [6.45, 7) is 0.681. The smallest absolute Gasteiger partial charge is 0.183 e. The van der Waals surface area contributed by atoms with Crippen molar-refractivity contribution in [3.63, 3.8) is 0 Å². The maximum atomic E-state index is 6.17. The monoisotopic (exact) mass is 245 g/mol. The van der Waals surface area contributed by atoms with Gasteiger partial charge in [0.05, 0.1) is 17.1 Å². The summed E-state index contributed by atoms with van der Waals surface area (Å²) < 4.78 is 0. The molecular weight excluding hydrogens is 234 g/mol. The minimum Gasteiger partial charge on any atom is -0.331 e. The fraction of sp³-hybridized carbons (Fsp3) is 0.182. The van der Waals surface area contributed by atoms with Gasteiger partial charge in [-0.25, -0.2) is 5.84 Å². The molecule has 1 aromatic heterocycles. The number of nitrogens with zero attached hydrogens (tertiary/aromatic N) is 2. The third-order valence-corrected chi connectivity index (χ3v) is 4.30. The van der Waals surface area contributed by atoms with Gasteiger partial charge < -0.3 is 10.7 Å². The fourth-order valence-corrected chi connectivity index (χ4v) is 3.50. The van der Waals surface area contributed by atoms with Crippen LogP contribution in [0.4, 0.5) is 5.69 Å². The van der Waals surface area contributed by atoms with Crippen LogP contribution in [0.1, 0.15) is 16.6 Å². The van der Waals surface area contributed by atoms with E-state index >= 15 is 0 Å². The third kappa shape index (κ3) is 1.07. The van der Waals surface area contributed by atoms with Gasteiger partial charge in [0.2, 0.25) is 0 Å². The molecule has 2 aliphatic rings. The number of hydrazine groups is 1. The highest BCUT2D eigenvalue weighted by atomic mass is 32.1. The van der Waals surface area contributed by atoms with Gasteiger partial charge in [-0.05, 0) is 6.07 Å². The van der Waals surface area contributed by atoms with E-state index < -0.39 is 0 Å². The predicted octanol–water partition coefficient (Wildman–Crippen LogP) is 0.857. The summed E-state index contributed by atoms with van der Waals surface area (Å²) in [7, 11) is 0. The molecule has 4 rings (SSSR count). The maximum Gasteiger partial charge on any atom is 0.183 e. The molecule has 5 N–H and O–H groups in total. The summed E-state index contributed by atoms with van der Waals surface area (Å²) >= 11 is 1.64. The van der Waals surface area contributed by atoms with E-state index in [0.717, 1.165) is 27.0 Å². The summed E-state index contributed by atoms with van der Waals surface area (Å²) in [5, 5.41) is 2.78. The van der Waals surface area contributed by atoms with E-state index in [1.807, 2.05) is 12.1 Å². The molecule has 0 saturated heterocycles. The van der Waals surface area contributed by atoms with Crippen molar-refractivity contribution in [3.05, 3.63) is 33.4 Å². The first-order valence-electron chi connectivity index (χ1n) is 5.41. The predicted molar refractivity (Wildman–Crippen MR) is 67.9 cm³/mol. The number of fused-ring (bicyclic) bond motifs is 3. The molecule has 6 heteroatoms. The zero-order valence-electron chi connectivity index (χ0n) is 8.97.